The monoisotopic (exact) mass is 818 g/mol. The number of ether oxygens (including phenoxy) is 3. The molecule has 1 heterocycles. The number of nitrogens with one attached hydrogen (secondary N) is 4. The highest BCUT2D eigenvalue weighted by Crippen LogP contribution is 2.18. The fraction of sp³-hybridized carbons (Fsp3) is 0.523. The van der Waals surface area contributed by atoms with E-state index in [4.69, 9.17) is 19.9 Å². The molecular formula is C44H62N6O9. The van der Waals surface area contributed by atoms with Gasteiger partial charge in [0.05, 0.1) is 11.3 Å². The number of fused-ring (bicyclic) bond motifs is 1. The molecule has 4 amide bonds. The number of pyridine rings is 1. The molecule has 59 heavy (non-hydrogen) atoms. The number of amides is 4. The fourth-order valence-electron chi connectivity index (χ4n) is 5.80. The fourth-order valence-corrected chi connectivity index (χ4v) is 5.80. The third kappa shape index (κ3) is 17.8. The normalized spacial score (nSPS) is 13.3. The van der Waals surface area contributed by atoms with Crippen molar-refractivity contribution in [3.05, 3.63) is 77.6 Å². The van der Waals surface area contributed by atoms with Gasteiger partial charge in [-0.15, -0.1) is 0 Å². The number of esters is 3. The molecule has 15 heteroatoms. The van der Waals surface area contributed by atoms with Gasteiger partial charge in [0.25, 0.3) is 5.91 Å². The van der Waals surface area contributed by atoms with E-state index >= 15 is 0 Å². The molecule has 0 saturated carbocycles. The average Bonchev–Trinajstić information content (AvgIpc) is 3.13. The van der Waals surface area contributed by atoms with E-state index in [9.17, 15) is 28.8 Å². The van der Waals surface area contributed by atoms with E-state index in [0.29, 0.717) is 18.5 Å². The lowest BCUT2D eigenvalue weighted by Gasteiger charge is -2.27. The van der Waals surface area contributed by atoms with Gasteiger partial charge in [-0.2, -0.15) is 0 Å². The van der Waals surface area contributed by atoms with Crippen LogP contribution in [-0.2, 0) is 46.4 Å². The lowest BCUT2D eigenvalue weighted by atomic mass is 10.0. The van der Waals surface area contributed by atoms with Gasteiger partial charge in [-0.05, 0) is 116 Å². The second-order valence-electron chi connectivity index (χ2n) is 17.4. The Morgan fingerprint density at radius 1 is 0.678 bits per heavy atom. The molecule has 0 radical (unpaired) electrons. The maximum absolute atomic E-state index is 13.6. The van der Waals surface area contributed by atoms with Crippen LogP contribution < -0.4 is 27.0 Å². The van der Waals surface area contributed by atoms with E-state index < -0.39 is 70.7 Å². The van der Waals surface area contributed by atoms with Crippen LogP contribution in [0, 0.1) is 0 Å². The van der Waals surface area contributed by atoms with Gasteiger partial charge < -0.3 is 41.2 Å². The molecule has 3 atom stereocenters. The first kappa shape index (κ1) is 47.8. The average molecular weight is 819 g/mol. The first-order chi connectivity index (χ1) is 27.5. The van der Waals surface area contributed by atoms with Crippen molar-refractivity contribution < 1.29 is 43.0 Å². The van der Waals surface area contributed by atoms with E-state index in [0.717, 1.165) is 16.3 Å². The quantitative estimate of drug-likeness (QED) is 0.0642. The highest BCUT2D eigenvalue weighted by atomic mass is 16.6. The van der Waals surface area contributed by atoms with Crippen LogP contribution in [0.2, 0.25) is 0 Å². The van der Waals surface area contributed by atoms with Crippen molar-refractivity contribution in [2.45, 2.75) is 142 Å². The van der Waals surface area contributed by atoms with Crippen molar-refractivity contribution in [2.24, 2.45) is 5.73 Å². The molecule has 3 rings (SSSR count). The second kappa shape index (κ2) is 21.4. The smallest absolute Gasteiger partial charge is 0.329 e. The van der Waals surface area contributed by atoms with E-state index in [-0.39, 0.29) is 44.3 Å². The summed E-state index contributed by atoms with van der Waals surface area (Å²) in [6, 6.07) is 12.9. The molecule has 3 aromatic rings. The summed E-state index contributed by atoms with van der Waals surface area (Å²) in [6.45, 7) is 15.7. The van der Waals surface area contributed by atoms with Crippen molar-refractivity contribution in [2.75, 3.05) is 6.54 Å². The summed E-state index contributed by atoms with van der Waals surface area (Å²) in [5.41, 5.74) is 4.94. The maximum atomic E-state index is 13.6. The zero-order valence-electron chi connectivity index (χ0n) is 35.9. The number of carbonyl (C=O) groups excluding carboxylic acids is 6. The van der Waals surface area contributed by atoms with Gasteiger partial charge in [0.15, 0.2) is 0 Å². The lowest BCUT2D eigenvalue weighted by Crippen LogP contribution is -2.53. The molecule has 0 aliphatic carbocycles. The Kier molecular flexibility index (Phi) is 17.4. The van der Waals surface area contributed by atoms with Gasteiger partial charge >= 0.3 is 23.9 Å². The first-order valence-electron chi connectivity index (χ1n) is 20.0. The van der Waals surface area contributed by atoms with Crippen molar-refractivity contribution in [3.63, 3.8) is 0 Å². The molecule has 6 N–H and O–H groups in total. The Bertz CT molecular complexity index is 1910. The Morgan fingerprint density at radius 2 is 1.27 bits per heavy atom. The number of aromatic nitrogens is 1. The second-order valence-corrected chi connectivity index (χ2v) is 17.4. The largest absolute Gasteiger partial charge is 0.460 e. The zero-order chi connectivity index (χ0) is 44.0. The predicted octanol–water partition coefficient (Wildman–Crippen LogP) is 5.16. The molecule has 0 spiro atoms. The van der Waals surface area contributed by atoms with Crippen LogP contribution >= 0.6 is 0 Å². The molecule has 1 aromatic heterocycles. The summed E-state index contributed by atoms with van der Waals surface area (Å²) in [6.07, 6.45) is 2.28. The van der Waals surface area contributed by atoms with Crippen LogP contribution in [-0.4, -0.2) is 82.2 Å². The van der Waals surface area contributed by atoms with Crippen molar-refractivity contribution in [1.82, 2.24) is 26.3 Å². The summed E-state index contributed by atoms with van der Waals surface area (Å²) in [5, 5.41) is 13.0. The third-order valence-corrected chi connectivity index (χ3v) is 8.44. The highest BCUT2D eigenvalue weighted by molar-refractivity contribution is 5.97. The van der Waals surface area contributed by atoms with Crippen molar-refractivity contribution in [3.8, 4) is 0 Å². The van der Waals surface area contributed by atoms with Crippen LogP contribution in [0.5, 0.6) is 0 Å². The highest BCUT2D eigenvalue weighted by Gasteiger charge is 2.31. The molecule has 0 fully saturated rings. The van der Waals surface area contributed by atoms with Crippen LogP contribution in [0.3, 0.4) is 0 Å². The van der Waals surface area contributed by atoms with Gasteiger partial charge in [-0.25, -0.2) is 14.4 Å². The molecule has 0 unspecified atom stereocenters. The molecule has 0 aliphatic heterocycles. The summed E-state index contributed by atoms with van der Waals surface area (Å²) in [5.74, 6) is -2.86. The SMILES string of the molecule is CC(C)(C)OC(=O)CC[C@H](NC(=O)N[C@@H](CCCCNC(=O)[C@H](Cc1ccc2ccccc2c1)NC(=O)c1ccc(CN)nc1)C(=O)OC(C)(C)C)C(=O)OC(C)(C)C. The number of hydrogen-bond donors (Lipinski definition) is 5. The number of nitrogens with two attached hydrogens (primary N) is 1. The Hall–Kier alpha value is -5.57. The van der Waals surface area contributed by atoms with Crippen LogP contribution in [0.4, 0.5) is 4.79 Å². The lowest BCUT2D eigenvalue weighted by molar-refractivity contribution is -0.159. The molecule has 322 valence electrons. The minimum absolute atomic E-state index is 0.103. The molecule has 2 aromatic carbocycles. The van der Waals surface area contributed by atoms with Crippen LogP contribution in [0.15, 0.2) is 60.8 Å². The van der Waals surface area contributed by atoms with Crippen LogP contribution in [0.25, 0.3) is 10.8 Å². The molecule has 0 saturated heterocycles. The Labute approximate surface area is 347 Å². The zero-order valence-corrected chi connectivity index (χ0v) is 35.9. The number of unbranched alkanes of at least 4 members (excludes halogenated alkanes) is 1. The Balaban J connectivity index is 1.68. The van der Waals surface area contributed by atoms with Gasteiger partial charge in [-0.1, -0.05) is 42.5 Å². The number of urea groups is 1. The topological polar surface area (TPSA) is 217 Å². The number of hydrogen-bond acceptors (Lipinski definition) is 11. The number of carbonyl (C=O) groups is 6. The minimum atomic E-state index is -1.22. The summed E-state index contributed by atoms with van der Waals surface area (Å²) < 4.78 is 16.4. The molecular weight excluding hydrogens is 757 g/mol. The standard InChI is InChI=1S/C44H62N6O9/c1-42(2,3)57-36(51)22-21-34(40(55)59-44(7,8)9)50-41(56)49-33(39(54)58-43(4,5)6)16-12-13-23-46-38(53)35(48-37(52)31-19-20-32(26-45)47-27-31)25-28-17-18-29-14-10-11-15-30(29)24-28/h10-11,14-15,17-20,24,27,33-35H,12-13,16,21-23,25-26,45H2,1-9H3,(H,46,53)(H,48,52)(H2,49,50,56)/t33-,34-,35-/m0/s1. The number of benzene rings is 2. The van der Waals surface area contributed by atoms with Crippen molar-refractivity contribution >= 4 is 46.5 Å². The summed E-state index contributed by atoms with van der Waals surface area (Å²) in [7, 11) is 0. The summed E-state index contributed by atoms with van der Waals surface area (Å²) >= 11 is 0. The maximum Gasteiger partial charge on any atom is 0.329 e. The molecule has 0 bridgehead atoms. The third-order valence-electron chi connectivity index (χ3n) is 8.44. The minimum Gasteiger partial charge on any atom is -0.460 e. The number of rotatable bonds is 18. The molecule has 0 aliphatic rings. The van der Waals surface area contributed by atoms with Gasteiger partial charge in [0.2, 0.25) is 5.91 Å². The molecule has 15 nitrogen and oxygen atoms in total. The van der Waals surface area contributed by atoms with Crippen molar-refractivity contribution in [1.29, 1.82) is 0 Å². The van der Waals surface area contributed by atoms with Gasteiger partial charge in [-0.3, -0.25) is 19.4 Å². The predicted molar refractivity (Wildman–Crippen MR) is 224 cm³/mol. The van der Waals surface area contributed by atoms with E-state index in [1.54, 1.807) is 74.4 Å². The summed E-state index contributed by atoms with van der Waals surface area (Å²) in [4.78, 5) is 83.2. The number of nitrogens with zero attached hydrogens (tertiary/aromatic N) is 1. The van der Waals surface area contributed by atoms with Crippen LogP contribution in [0.1, 0.15) is 116 Å². The van der Waals surface area contributed by atoms with E-state index in [1.165, 1.54) is 6.20 Å². The first-order valence-corrected chi connectivity index (χ1v) is 20.0. The Morgan fingerprint density at radius 3 is 1.83 bits per heavy atom. The van der Waals surface area contributed by atoms with E-state index in [1.807, 2.05) is 42.5 Å². The van der Waals surface area contributed by atoms with Gasteiger partial charge in [0.1, 0.15) is 34.9 Å². The van der Waals surface area contributed by atoms with E-state index in [2.05, 4.69) is 26.3 Å². The van der Waals surface area contributed by atoms with Gasteiger partial charge in [0, 0.05) is 32.1 Å².